The standard InChI is InChI=1S/C15H14N4O3S/c1-8(22-10-4-5-11-12(6-10)21-7-20-11)14-18-19-13(9-2-3-9)16-17-15(19)23-14/h4-6,8-9H,2-3,7H2,1H3. The van der Waals surface area contributed by atoms with Gasteiger partial charge >= 0.3 is 0 Å². The van der Waals surface area contributed by atoms with E-state index < -0.39 is 0 Å². The lowest BCUT2D eigenvalue weighted by Gasteiger charge is -2.12. The smallest absolute Gasteiger partial charge is 0.234 e. The van der Waals surface area contributed by atoms with Crippen LogP contribution in [-0.4, -0.2) is 26.6 Å². The van der Waals surface area contributed by atoms with E-state index in [4.69, 9.17) is 14.2 Å². The molecule has 3 heterocycles. The molecule has 8 heteroatoms. The largest absolute Gasteiger partial charge is 0.483 e. The molecule has 3 aromatic rings. The van der Waals surface area contributed by atoms with Gasteiger partial charge in [-0.15, -0.1) is 10.2 Å². The maximum atomic E-state index is 5.99. The Bertz CT molecular complexity index is 886. The summed E-state index contributed by atoms with van der Waals surface area (Å²) in [6.07, 6.45) is 2.18. The van der Waals surface area contributed by atoms with Crippen molar-refractivity contribution < 1.29 is 14.2 Å². The highest BCUT2D eigenvalue weighted by molar-refractivity contribution is 7.16. The second kappa shape index (κ2) is 4.82. The van der Waals surface area contributed by atoms with Crippen molar-refractivity contribution in [3.05, 3.63) is 29.0 Å². The van der Waals surface area contributed by atoms with E-state index in [0.29, 0.717) is 11.7 Å². The van der Waals surface area contributed by atoms with Crippen molar-refractivity contribution in [2.75, 3.05) is 6.79 Å². The van der Waals surface area contributed by atoms with E-state index in [-0.39, 0.29) is 12.9 Å². The van der Waals surface area contributed by atoms with Crippen LogP contribution in [0.3, 0.4) is 0 Å². The first-order valence-electron chi connectivity index (χ1n) is 7.56. The van der Waals surface area contributed by atoms with Gasteiger partial charge in [0.1, 0.15) is 11.9 Å². The summed E-state index contributed by atoms with van der Waals surface area (Å²) in [5.41, 5.74) is 0. The molecule has 1 aliphatic carbocycles. The monoisotopic (exact) mass is 330 g/mol. The number of nitrogens with zero attached hydrogens (tertiary/aromatic N) is 4. The lowest BCUT2D eigenvalue weighted by Crippen LogP contribution is -2.04. The highest BCUT2D eigenvalue weighted by atomic mass is 32.1. The molecular weight excluding hydrogens is 316 g/mol. The highest BCUT2D eigenvalue weighted by Crippen LogP contribution is 2.40. The molecule has 0 saturated heterocycles. The summed E-state index contributed by atoms with van der Waals surface area (Å²) >= 11 is 1.51. The van der Waals surface area contributed by atoms with Crippen molar-refractivity contribution >= 4 is 16.3 Å². The maximum Gasteiger partial charge on any atom is 0.234 e. The Balaban J connectivity index is 1.40. The number of rotatable bonds is 4. The molecule has 0 amide bonds. The molecule has 0 bridgehead atoms. The molecule has 2 aliphatic rings. The summed E-state index contributed by atoms with van der Waals surface area (Å²) < 4.78 is 18.5. The first-order valence-corrected chi connectivity index (χ1v) is 8.38. The molecule has 1 aromatic carbocycles. The van der Waals surface area contributed by atoms with E-state index in [2.05, 4.69) is 15.3 Å². The van der Waals surface area contributed by atoms with Gasteiger partial charge in [-0.2, -0.15) is 9.61 Å². The summed E-state index contributed by atoms with van der Waals surface area (Å²) in [4.78, 5) is 0.822. The number of hydrogen-bond acceptors (Lipinski definition) is 7. The molecule has 1 atom stereocenters. The average molecular weight is 330 g/mol. The molecule has 1 unspecified atom stereocenters. The third-order valence-corrected chi connectivity index (χ3v) is 5.04. The average Bonchev–Trinajstić information content (AvgIpc) is 2.98. The molecule has 0 N–H and O–H groups in total. The van der Waals surface area contributed by atoms with Gasteiger partial charge in [0.2, 0.25) is 11.8 Å². The number of ether oxygens (including phenoxy) is 3. The third kappa shape index (κ3) is 2.21. The van der Waals surface area contributed by atoms with Crippen molar-refractivity contribution in [1.82, 2.24) is 19.8 Å². The van der Waals surface area contributed by atoms with Gasteiger partial charge < -0.3 is 14.2 Å². The number of benzene rings is 1. The van der Waals surface area contributed by atoms with Gasteiger partial charge in [0.05, 0.1) is 0 Å². The molecular formula is C15H14N4O3S. The Kier molecular flexibility index (Phi) is 2.75. The second-order valence-electron chi connectivity index (χ2n) is 5.74. The number of aromatic nitrogens is 4. The molecule has 1 aliphatic heterocycles. The lowest BCUT2D eigenvalue weighted by molar-refractivity contribution is 0.173. The van der Waals surface area contributed by atoms with Gasteiger partial charge in [-0.3, -0.25) is 0 Å². The quantitative estimate of drug-likeness (QED) is 0.732. The fraction of sp³-hybridized carbons (Fsp3) is 0.400. The fourth-order valence-corrected chi connectivity index (χ4v) is 3.44. The SMILES string of the molecule is CC(Oc1ccc2c(c1)OCO2)c1nn2c(C3CC3)nnc2s1. The van der Waals surface area contributed by atoms with Crippen molar-refractivity contribution in [3.63, 3.8) is 0 Å². The third-order valence-electron chi connectivity index (χ3n) is 3.98. The van der Waals surface area contributed by atoms with Crippen molar-refractivity contribution in [1.29, 1.82) is 0 Å². The molecule has 2 aromatic heterocycles. The van der Waals surface area contributed by atoms with E-state index in [9.17, 15) is 0 Å². The Labute approximate surface area is 135 Å². The van der Waals surface area contributed by atoms with E-state index in [1.807, 2.05) is 29.6 Å². The molecule has 23 heavy (non-hydrogen) atoms. The molecule has 0 radical (unpaired) electrons. The minimum atomic E-state index is -0.172. The Morgan fingerprint density at radius 1 is 1.26 bits per heavy atom. The van der Waals surface area contributed by atoms with Crippen molar-refractivity contribution in [2.24, 2.45) is 0 Å². The highest BCUT2D eigenvalue weighted by Gasteiger charge is 2.30. The van der Waals surface area contributed by atoms with Crippen LogP contribution in [0.1, 0.15) is 42.6 Å². The van der Waals surface area contributed by atoms with Gasteiger partial charge in [-0.1, -0.05) is 11.3 Å². The van der Waals surface area contributed by atoms with E-state index in [0.717, 1.165) is 27.3 Å². The van der Waals surface area contributed by atoms with Gasteiger partial charge in [0.25, 0.3) is 0 Å². The van der Waals surface area contributed by atoms with Gasteiger partial charge in [0.15, 0.2) is 22.3 Å². The van der Waals surface area contributed by atoms with Crippen molar-refractivity contribution in [2.45, 2.75) is 31.8 Å². The first kappa shape index (κ1) is 13.1. The molecule has 0 spiro atoms. The van der Waals surface area contributed by atoms with Crippen LogP contribution >= 0.6 is 11.3 Å². The minimum absolute atomic E-state index is 0.172. The predicted molar refractivity (Wildman–Crippen MR) is 82.2 cm³/mol. The van der Waals surface area contributed by atoms with Gasteiger partial charge in [-0.05, 0) is 31.9 Å². The van der Waals surface area contributed by atoms with Crippen LogP contribution in [0.25, 0.3) is 4.96 Å². The van der Waals surface area contributed by atoms with Crippen molar-refractivity contribution in [3.8, 4) is 17.2 Å². The van der Waals surface area contributed by atoms with Gasteiger partial charge in [0, 0.05) is 12.0 Å². The van der Waals surface area contributed by atoms with Crippen LogP contribution in [0.5, 0.6) is 17.2 Å². The summed E-state index contributed by atoms with van der Waals surface area (Å²) in [6.45, 7) is 2.24. The maximum absolute atomic E-state index is 5.99. The molecule has 118 valence electrons. The summed E-state index contributed by atoms with van der Waals surface area (Å²) in [5, 5.41) is 14.0. The zero-order valence-corrected chi connectivity index (χ0v) is 13.2. The topological polar surface area (TPSA) is 70.8 Å². The van der Waals surface area contributed by atoms with Crippen LogP contribution < -0.4 is 14.2 Å². The molecule has 7 nitrogen and oxygen atoms in total. The van der Waals surface area contributed by atoms with E-state index >= 15 is 0 Å². The zero-order valence-electron chi connectivity index (χ0n) is 12.4. The van der Waals surface area contributed by atoms with Gasteiger partial charge in [-0.25, -0.2) is 0 Å². The number of hydrogen-bond donors (Lipinski definition) is 0. The summed E-state index contributed by atoms with van der Waals surface area (Å²) in [5.74, 6) is 3.68. The number of fused-ring (bicyclic) bond motifs is 2. The molecule has 1 fully saturated rings. The van der Waals surface area contributed by atoms with Crippen LogP contribution in [-0.2, 0) is 0 Å². The van der Waals surface area contributed by atoms with Crippen LogP contribution in [0.15, 0.2) is 18.2 Å². The first-order chi connectivity index (χ1) is 11.3. The molecule has 1 saturated carbocycles. The Morgan fingerprint density at radius 3 is 3.00 bits per heavy atom. The van der Waals surface area contributed by atoms with Crippen LogP contribution in [0.2, 0.25) is 0 Å². The summed E-state index contributed by atoms with van der Waals surface area (Å²) in [6, 6.07) is 5.57. The van der Waals surface area contributed by atoms with Crippen LogP contribution in [0.4, 0.5) is 0 Å². The predicted octanol–water partition coefficient (Wildman–Crippen LogP) is 2.93. The minimum Gasteiger partial charge on any atom is -0.483 e. The molecule has 5 rings (SSSR count). The Hall–Kier alpha value is -2.35. The van der Waals surface area contributed by atoms with E-state index in [1.165, 1.54) is 24.2 Å². The fourth-order valence-electron chi connectivity index (χ4n) is 2.61. The zero-order chi connectivity index (χ0) is 15.4. The van der Waals surface area contributed by atoms with E-state index in [1.54, 1.807) is 0 Å². The normalized spacial score (nSPS) is 17.6. The lowest BCUT2D eigenvalue weighted by atomic mass is 10.3. The van der Waals surface area contributed by atoms with Crippen LogP contribution in [0, 0.1) is 0 Å². The summed E-state index contributed by atoms with van der Waals surface area (Å²) in [7, 11) is 0. The Morgan fingerprint density at radius 2 is 2.13 bits per heavy atom. The second-order valence-corrected chi connectivity index (χ2v) is 6.73.